The Bertz CT molecular complexity index is 448. The van der Waals surface area contributed by atoms with E-state index in [9.17, 15) is 10.1 Å². The molecule has 1 aliphatic heterocycles. The third-order valence-electron chi connectivity index (χ3n) is 3.60. The second-order valence-corrected chi connectivity index (χ2v) is 4.73. The fraction of sp³-hybridized carbons (Fsp3) is 0.538. The van der Waals surface area contributed by atoms with Gasteiger partial charge in [0.05, 0.1) is 10.5 Å². The normalized spacial score (nSPS) is 19.2. The minimum atomic E-state index is -0.304. The van der Waals surface area contributed by atoms with Gasteiger partial charge in [0.15, 0.2) is 0 Å². The molecule has 2 rings (SSSR count). The Morgan fingerprint density at radius 3 is 3.00 bits per heavy atom. The highest BCUT2D eigenvalue weighted by Crippen LogP contribution is 2.32. The Hall–Kier alpha value is -1.62. The van der Waals surface area contributed by atoms with Crippen molar-refractivity contribution < 1.29 is 4.92 Å². The number of nitrogens with zero attached hydrogens (tertiary/aromatic N) is 2. The molecule has 0 spiro atoms. The van der Waals surface area contributed by atoms with E-state index in [0.717, 1.165) is 37.2 Å². The molecular weight excluding hydrogens is 230 g/mol. The lowest BCUT2D eigenvalue weighted by molar-refractivity contribution is -0.385. The van der Waals surface area contributed by atoms with Crippen molar-refractivity contribution in [1.82, 2.24) is 5.32 Å². The number of nitro benzene ring substituents is 1. The van der Waals surface area contributed by atoms with Crippen LogP contribution >= 0.6 is 0 Å². The standard InChI is InChI=1S/C13H19N3O2/c1-10-12(6-3-7-13(10)16(17)18)15-8-4-5-11(15)9-14-2/h3,6-7,11,14H,4-5,8-9H2,1-2H3. The molecule has 1 saturated heterocycles. The second-order valence-electron chi connectivity index (χ2n) is 4.73. The van der Waals surface area contributed by atoms with E-state index < -0.39 is 0 Å². The predicted molar refractivity (Wildman–Crippen MR) is 72.1 cm³/mol. The molecule has 5 nitrogen and oxygen atoms in total. The Labute approximate surface area is 107 Å². The van der Waals surface area contributed by atoms with Crippen LogP contribution in [0.1, 0.15) is 18.4 Å². The molecule has 1 fully saturated rings. The maximum atomic E-state index is 11.0. The Morgan fingerprint density at radius 1 is 1.56 bits per heavy atom. The molecule has 5 heteroatoms. The van der Waals surface area contributed by atoms with Crippen LogP contribution in [0.4, 0.5) is 11.4 Å². The smallest absolute Gasteiger partial charge is 0.274 e. The molecule has 0 aromatic heterocycles. The molecule has 0 radical (unpaired) electrons. The summed E-state index contributed by atoms with van der Waals surface area (Å²) in [5.74, 6) is 0. The van der Waals surface area contributed by atoms with Crippen molar-refractivity contribution in [2.45, 2.75) is 25.8 Å². The predicted octanol–water partition coefficient (Wildman–Crippen LogP) is 2.09. The van der Waals surface area contributed by atoms with Crippen molar-refractivity contribution in [1.29, 1.82) is 0 Å². The summed E-state index contributed by atoms with van der Waals surface area (Å²) in [5, 5.41) is 14.2. The number of rotatable bonds is 4. The maximum absolute atomic E-state index is 11.0. The first-order chi connectivity index (χ1) is 8.65. The van der Waals surface area contributed by atoms with Crippen LogP contribution in [-0.2, 0) is 0 Å². The lowest BCUT2D eigenvalue weighted by Crippen LogP contribution is -2.37. The number of anilines is 1. The summed E-state index contributed by atoms with van der Waals surface area (Å²) < 4.78 is 0. The number of hydrogen-bond donors (Lipinski definition) is 1. The SMILES string of the molecule is CNCC1CCCN1c1cccc([N+](=O)[O-])c1C. The molecule has 1 aromatic rings. The van der Waals surface area contributed by atoms with E-state index in [0.29, 0.717) is 6.04 Å². The minimum Gasteiger partial charge on any atom is -0.367 e. The van der Waals surface area contributed by atoms with Gasteiger partial charge in [-0.3, -0.25) is 10.1 Å². The van der Waals surface area contributed by atoms with Crippen LogP contribution in [0, 0.1) is 17.0 Å². The van der Waals surface area contributed by atoms with Crippen molar-refractivity contribution in [2.75, 3.05) is 25.0 Å². The highest BCUT2D eigenvalue weighted by molar-refractivity contribution is 5.62. The summed E-state index contributed by atoms with van der Waals surface area (Å²) in [5.41, 5.74) is 1.98. The van der Waals surface area contributed by atoms with E-state index in [4.69, 9.17) is 0 Å². The van der Waals surface area contributed by atoms with Gasteiger partial charge in [-0.05, 0) is 32.9 Å². The van der Waals surface area contributed by atoms with Crippen LogP contribution in [0.15, 0.2) is 18.2 Å². The average Bonchev–Trinajstić information content (AvgIpc) is 2.77. The van der Waals surface area contributed by atoms with E-state index in [2.05, 4.69) is 10.2 Å². The average molecular weight is 249 g/mol. The van der Waals surface area contributed by atoms with Gasteiger partial charge in [-0.2, -0.15) is 0 Å². The first-order valence-corrected chi connectivity index (χ1v) is 6.30. The van der Waals surface area contributed by atoms with Gasteiger partial charge in [-0.25, -0.2) is 0 Å². The Balaban J connectivity index is 2.33. The zero-order chi connectivity index (χ0) is 13.1. The van der Waals surface area contributed by atoms with Gasteiger partial charge in [0.2, 0.25) is 0 Å². The van der Waals surface area contributed by atoms with Gasteiger partial charge in [0.1, 0.15) is 0 Å². The molecule has 0 saturated carbocycles. The van der Waals surface area contributed by atoms with Gasteiger partial charge in [0.25, 0.3) is 5.69 Å². The number of nitrogens with one attached hydrogen (secondary N) is 1. The summed E-state index contributed by atoms with van der Waals surface area (Å²) >= 11 is 0. The molecule has 0 amide bonds. The lowest BCUT2D eigenvalue weighted by atomic mass is 10.1. The largest absolute Gasteiger partial charge is 0.367 e. The highest BCUT2D eigenvalue weighted by atomic mass is 16.6. The number of likely N-dealkylation sites (N-methyl/N-ethyl adjacent to an activating group) is 1. The Kier molecular flexibility index (Phi) is 3.81. The van der Waals surface area contributed by atoms with Gasteiger partial charge in [-0.15, -0.1) is 0 Å². The van der Waals surface area contributed by atoms with Crippen molar-refractivity contribution in [3.8, 4) is 0 Å². The third kappa shape index (κ3) is 2.31. The summed E-state index contributed by atoms with van der Waals surface area (Å²) in [6.45, 7) is 3.73. The third-order valence-corrected chi connectivity index (χ3v) is 3.60. The number of hydrogen-bond acceptors (Lipinski definition) is 4. The molecule has 18 heavy (non-hydrogen) atoms. The van der Waals surface area contributed by atoms with Crippen LogP contribution in [-0.4, -0.2) is 31.1 Å². The van der Waals surface area contributed by atoms with E-state index in [1.165, 1.54) is 0 Å². The zero-order valence-electron chi connectivity index (χ0n) is 10.8. The lowest BCUT2D eigenvalue weighted by Gasteiger charge is -2.28. The van der Waals surface area contributed by atoms with Gasteiger partial charge >= 0.3 is 0 Å². The molecule has 0 aliphatic carbocycles. The molecule has 1 heterocycles. The molecule has 1 aromatic carbocycles. The van der Waals surface area contributed by atoms with Crippen LogP contribution in [0.25, 0.3) is 0 Å². The van der Waals surface area contributed by atoms with Crippen molar-refractivity contribution in [2.24, 2.45) is 0 Å². The molecule has 1 atom stereocenters. The molecule has 0 bridgehead atoms. The highest BCUT2D eigenvalue weighted by Gasteiger charge is 2.27. The fourth-order valence-electron chi connectivity index (χ4n) is 2.72. The summed E-state index contributed by atoms with van der Waals surface area (Å²) in [4.78, 5) is 13.0. The van der Waals surface area contributed by atoms with Crippen molar-refractivity contribution in [3.63, 3.8) is 0 Å². The van der Waals surface area contributed by atoms with Gasteiger partial charge < -0.3 is 10.2 Å². The molecule has 1 unspecified atom stereocenters. The summed E-state index contributed by atoms with van der Waals surface area (Å²) in [7, 11) is 1.94. The van der Waals surface area contributed by atoms with Crippen LogP contribution in [0.2, 0.25) is 0 Å². The van der Waals surface area contributed by atoms with Gasteiger partial charge in [0, 0.05) is 30.9 Å². The monoisotopic (exact) mass is 249 g/mol. The molecular formula is C13H19N3O2. The van der Waals surface area contributed by atoms with Crippen LogP contribution in [0.3, 0.4) is 0 Å². The quantitative estimate of drug-likeness (QED) is 0.655. The van der Waals surface area contributed by atoms with E-state index in [-0.39, 0.29) is 10.6 Å². The zero-order valence-corrected chi connectivity index (χ0v) is 10.8. The Morgan fingerprint density at radius 2 is 2.33 bits per heavy atom. The second kappa shape index (κ2) is 5.35. The first kappa shape index (κ1) is 12.8. The first-order valence-electron chi connectivity index (χ1n) is 6.30. The number of benzene rings is 1. The van der Waals surface area contributed by atoms with Gasteiger partial charge in [-0.1, -0.05) is 6.07 Å². The number of nitro groups is 1. The molecule has 1 aliphatic rings. The summed E-state index contributed by atoms with van der Waals surface area (Å²) in [6, 6.07) is 5.77. The topological polar surface area (TPSA) is 58.4 Å². The fourth-order valence-corrected chi connectivity index (χ4v) is 2.72. The van der Waals surface area contributed by atoms with E-state index in [1.807, 2.05) is 20.0 Å². The summed E-state index contributed by atoms with van der Waals surface area (Å²) in [6.07, 6.45) is 2.29. The van der Waals surface area contributed by atoms with Crippen molar-refractivity contribution >= 4 is 11.4 Å². The van der Waals surface area contributed by atoms with Crippen LogP contribution < -0.4 is 10.2 Å². The minimum absolute atomic E-state index is 0.211. The van der Waals surface area contributed by atoms with E-state index >= 15 is 0 Å². The van der Waals surface area contributed by atoms with Crippen LogP contribution in [0.5, 0.6) is 0 Å². The van der Waals surface area contributed by atoms with Crippen molar-refractivity contribution in [3.05, 3.63) is 33.9 Å². The molecule has 1 N–H and O–H groups in total. The molecule has 98 valence electrons. The van der Waals surface area contributed by atoms with E-state index in [1.54, 1.807) is 12.1 Å². The maximum Gasteiger partial charge on any atom is 0.274 e.